The monoisotopic (exact) mass is 406 g/mol. The maximum absolute atomic E-state index is 12.7. The van der Waals surface area contributed by atoms with Gasteiger partial charge in [-0.25, -0.2) is 8.42 Å². The molecule has 3 rings (SSSR count). The molecule has 1 unspecified atom stereocenters. The topological polar surface area (TPSA) is 132 Å². The standard InChI is InChI=1S/C17H22N6O4S/c1-22(2)17-20-14(19-16(18)21-17)10-27-15(24)13-8-11-6-4-5-7-12(11)9-23(13)28(3,25)26/h4-7,13H,8-10H2,1-3H3,(H2,18,19,20,21). The van der Waals surface area contributed by atoms with E-state index in [4.69, 9.17) is 10.5 Å². The van der Waals surface area contributed by atoms with Crippen molar-refractivity contribution in [2.45, 2.75) is 25.6 Å². The normalized spacial score (nSPS) is 17.0. The van der Waals surface area contributed by atoms with Crippen molar-refractivity contribution in [2.24, 2.45) is 0 Å². The van der Waals surface area contributed by atoms with E-state index in [2.05, 4.69) is 15.0 Å². The highest BCUT2D eigenvalue weighted by Gasteiger charge is 2.37. The minimum atomic E-state index is -3.61. The summed E-state index contributed by atoms with van der Waals surface area (Å²) < 4.78 is 30.9. The van der Waals surface area contributed by atoms with E-state index in [1.165, 1.54) is 0 Å². The van der Waals surface area contributed by atoms with Crippen molar-refractivity contribution in [1.29, 1.82) is 0 Å². The molecule has 1 aliphatic rings. The van der Waals surface area contributed by atoms with E-state index >= 15 is 0 Å². The number of nitrogen functional groups attached to an aromatic ring is 1. The number of anilines is 2. The summed E-state index contributed by atoms with van der Waals surface area (Å²) in [6.07, 6.45) is 1.32. The van der Waals surface area contributed by atoms with E-state index in [0.717, 1.165) is 21.7 Å². The van der Waals surface area contributed by atoms with Gasteiger partial charge in [0.1, 0.15) is 6.04 Å². The van der Waals surface area contributed by atoms with Crippen LogP contribution in [0.2, 0.25) is 0 Å². The maximum Gasteiger partial charge on any atom is 0.325 e. The Bertz CT molecular complexity index is 995. The third-order valence-corrected chi connectivity index (χ3v) is 5.57. The largest absolute Gasteiger partial charge is 0.456 e. The number of sulfonamides is 1. The van der Waals surface area contributed by atoms with E-state index in [9.17, 15) is 13.2 Å². The number of aromatic nitrogens is 3. The molecule has 1 aromatic carbocycles. The van der Waals surface area contributed by atoms with Gasteiger partial charge in [-0.1, -0.05) is 24.3 Å². The van der Waals surface area contributed by atoms with Crippen molar-refractivity contribution in [3.05, 3.63) is 41.2 Å². The molecule has 0 aliphatic carbocycles. The molecule has 0 saturated heterocycles. The number of carbonyl (C=O) groups is 1. The van der Waals surface area contributed by atoms with Gasteiger partial charge in [-0.05, 0) is 11.1 Å². The van der Waals surface area contributed by atoms with E-state index in [1.54, 1.807) is 19.0 Å². The van der Waals surface area contributed by atoms with Crippen LogP contribution in [0.3, 0.4) is 0 Å². The summed E-state index contributed by atoms with van der Waals surface area (Å²) in [7, 11) is -0.118. The molecule has 2 N–H and O–H groups in total. The highest BCUT2D eigenvalue weighted by atomic mass is 32.2. The Labute approximate surface area is 163 Å². The molecule has 1 aliphatic heterocycles. The smallest absolute Gasteiger partial charge is 0.325 e. The highest BCUT2D eigenvalue weighted by Crippen LogP contribution is 2.26. The van der Waals surface area contributed by atoms with E-state index in [1.807, 2.05) is 24.3 Å². The molecule has 0 fully saturated rings. The third-order valence-electron chi connectivity index (χ3n) is 4.33. The van der Waals surface area contributed by atoms with Gasteiger partial charge >= 0.3 is 5.97 Å². The Kier molecular flexibility index (Phi) is 5.47. The van der Waals surface area contributed by atoms with Crippen LogP contribution in [0.5, 0.6) is 0 Å². The fourth-order valence-electron chi connectivity index (χ4n) is 2.97. The second-order valence-corrected chi connectivity index (χ2v) is 8.64. The van der Waals surface area contributed by atoms with Crippen LogP contribution in [0, 0.1) is 0 Å². The minimum absolute atomic E-state index is 0.00843. The number of fused-ring (bicyclic) bond motifs is 1. The SMILES string of the molecule is CN(C)c1nc(N)nc(COC(=O)C2Cc3ccccc3CN2S(C)(=O)=O)n1. The molecule has 1 atom stereocenters. The zero-order valence-electron chi connectivity index (χ0n) is 15.9. The van der Waals surface area contributed by atoms with Crippen LogP contribution in [-0.2, 0) is 39.1 Å². The highest BCUT2D eigenvalue weighted by molar-refractivity contribution is 7.88. The number of ether oxygens (including phenoxy) is 1. The summed E-state index contributed by atoms with van der Waals surface area (Å²) in [6, 6.07) is 6.48. The van der Waals surface area contributed by atoms with Crippen molar-refractivity contribution in [3.8, 4) is 0 Å². The van der Waals surface area contributed by atoms with Crippen LogP contribution in [0.4, 0.5) is 11.9 Å². The van der Waals surface area contributed by atoms with Gasteiger partial charge in [0, 0.05) is 27.1 Å². The quantitative estimate of drug-likeness (QED) is 0.679. The molecular formula is C17H22N6O4S. The van der Waals surface area contributed by atoms with Gasteiger partial charge in [0.15, 0.2) is 12.4 Å². The number of benzene rings is 1. The molecule has 11 heteroatoms. The molecule has 0 amide bonds. The molecule has 0 radical (unpaired) electrons. The van der Waals surface area contributed by atoms with Crippen molar-refractivity contribution < 1.29 is 17.9 Å². The Morgan fingerprint density at radius 3 is 2.57 bits per heavy atom. The first-order valence-electron chi connectivity index (χ1n) is 8.53. The van der Waals surface area contributed by atoms with Crippen molar-refractivity contribution >= 4 is 27.9 Å². The summed E-state index contributed by atoms with van der Waals surface area (Å²) in [5.41, 5.74) is 7.45. The third kappa shape index (κ3) is 4.37. The zero-order chi connectivity index (χ0) is 20.5. The van der Waals surface area contributed by atoms with Crippen LogP contribution < -0.4 is 10.6 Å². The summed E-state index contributed by atoms with van der Waals surface area (Å²) >= 11 is 0. The molecule has 0 bridgehead atoms. The molecule has 0 spiro atoms. The number of rotatable bonds is 5. The Balaban J connectivity index is 1.79. The van der Waals surface area contributed by atoms with Gasteiger partial charge in [-0.3, -0.25) is 4.79 Å². The molecule has 2 heterocycles. The Morgan fingerprint density at radius 2 is 1.93 bits per heavy atom. The van der Waals surface area contributed by atoms with Crippen LogP contribution >= 0.6 is 0 Å². The lowest BCUT2D eigenvalue weighted by Crippen LogP contribution is -2.48. The second kappa shape index (κ2) is 7.68. The maximum atomic E-state index is 12.7. The summed E-state index contributed by atoms with van der Waals surface area (Å²) in [5.74, 6) is -0.131. The summed E-state index contributed by atoms with van der Waals surface area (Å²) in [5, 5.41) is 0. The molecule has 1 aromatic heterocycles. The van der Waals surface area contributed by atoms with E-state index < -0.39 is 22.0 Å². The number of hydrogen-bond donors (Lipinski definition) is 1. The van der Waals surface area contributed by atoms with E-state index in [-0.39, 0.29) is 31.3 Å². The lowest BCUT2D eigenvalue weighted by Gasteiger charge is -2.33. The Morgan fingerprint density at radius 1 is 1.25 bits per heavy atom. The van der Waals surface area contributed by atoms with Gasteiger partial charge in [0.2, 0.25) is 21.9 Å². The number of hydrogen-bond acceptors (Lipinski definition) is 9. The lowest BCUT2D eigenvalue weighted by molar-refractivity contribution is -0.150. The van der Waals surface area contributed by atoms with Gasteiger partial charge in [-0.2, -0.15) is 19.3 Å². The number of nitrogens with zero attached hydrogens (tertiary/aromatic N) is 5. The molecule has 2 aromatic rings. The average Bonchev–Trinajstić information content (AvgIpc) is 2.63. The average molecular weight is 406 g/mol. The fraction of sp³-hybridized carbons (Fsp3) is 0.412. The van der Waals surface area contributed by atoms with Gasteiger partial charge in [-0.15, -0.1) is 0 Å². The molecule has 28 heavy (non-hydrogen) atoms. The van der Waals surface area contributed by atoms with Gasteiger partial charge in [0.25, 0.3) is 0 Å². The van der Waals surface area contributed by atoms with Crippen molar-refractivity contribution in [2.75, 3.05) is 31.0 Å². The summed E-state index contributed by atoms with van der Waals surface area (Å²) in [4.78, 5) is 26.4. The summed E-state index contributed by atoms with van der Waals surface area (Å²) in [6.45, 7) is -0.111. The van der Waals surface area contributed by atoms with Gasteiger partial charge in [0.05, 0.1) is 6.26 Å². The molecule has 10 nitrogen and oxygen atoms in total. The molecular weight excluding hydrogens is 384 g/mol. The van der Waals surface area contributed by atoms with Crippen LogP contribution in [0.25, 0.3) is 0 Å². The van der Waals surface area contributed by atoms with Gasteiger partial charge < -0.3 is 15.4 Å². The number of nitrogens with two attached hydrogens (primary N) is 1. The zero-order valence-corrected chi connectivity index (χ0v) is 16.7. The molecule has 0 saturated carbocycles. The first-order chi connectivity index (χ1) is 13.1. The predicted molar refractivity (Wildman–Crippen MR) is 103 cm³/mol. The lowest BCUT2D eigenvalue weighted by atomic mass is 9.96. The number of carbonyl (C=O) groups excluding carboxylic acids is 1. The molecule has 150 valence electrons. The fourth-order valence-corrected chi connectivity index (χ4v) is 3.97. The van der Waals surface area contributed by atoms with Crippen molar-refractivity contribution in [3.63, 3.8) is 0 Å². The van der Waals surface area contributed by atoms with Crippen molar-refractivity contribution in [1.82, 2.24) is 19.3 Å². The van der Waals surface area contributed by atoms with Crippen LogP contribution in [-0.4, -0.2) is 60.0 Å². The van der Waals surface area contributed by atoms with Crippen LogP contribution in [0.15, 0.2) is 24.3 Å². The van der Waals surface area contributed by atoms with Crippen LogP contribution in [0.1, 0.15) is 17.0 Å². The predicted octanol–water partition coefficient (Wildman–Crippen LogP) is -0.0505. The first kappa shape index (κ1) is 20.0. The van der Waals surface area contributed by atoms with E-state index in [0.29, 0.717) is 5.95 Å². The Hall–Kier alpha value is -2.79. The first-order valence-corrected chi connectivity index (χ1v) is 10.4. The minimum Gasteiger partial charge on any atom is -0.456 e. The second-order valence-electron chi connectivity index (χ2n) is 6.71. The number of esters is 1.